The molecule has 0 atom stereocenters. The molecule has 1 saturated heterocycles. The van der Waals surface area contributed by atoms with E-state index in [1.54, 1.807) is 12.3 Å². The second kappa shape index (κ2) is 5.67. The molecule has 2 N–H and O–H groups in total. The number of hydrogen-bond donors (Lipinski definition) is 2. The van der Waals surface area contributed by atoms with Crippen LogP contribution in [0.1, 0.15) is 19.8 Å². The molecule has 20 heavy (non-hydrogen) atoms. The number of rotatable bonds is 3. The van der Waals surface area contributed by atoms with Gasteiger partial charge in [0, 0.05) is 31.4 Å². The maximum Gasteiger partial charge on any atom is 0.191 e. The van der Waals surface area contributed by atoms with E-state index in [0.717, 1.165) is 49.1 Å². The normalized spacial score (nSPS) is 16.8. The van der Waals surface area contributed by atoms with E-state index < -0.39 is 0 Å². The molecule has 1 aromatic heterocycles. The number of pyridine rings is 1. The Balaban J connectivity index is 1.90. The maximum atomic E-state index is 12.2. The topological polar surface area (TPSA) is 48.1 Å². The lowest BCUT2D eigenvalue weighted by Crippen LogP contribution is -2.42. The summed E-state index contributed by atoms with van der Waals surface area (Å²) in [6.45, 7) is 5.19. The smallest absolute Gasteiger partial charge is 0.191 e. The quantitative estimate of drug-likeness (QED) is 0.899. The fourth-order valence-corrected chi connectivity index (χ4v) is 3.09. The Morgan fingerprint density at radius 1 is 1.30 bits per heavy atom. The van der Waals surface area contributed by atoms with Crippen molar-refractivity contribution in [3.05, 3.63) is 40.7 Å². The lowest BCUT2D eigenvalue weighted by molar-refractivity contribution is 0.424. The Hall–Kier alpha value is -1.81. The Morgan fingerprint density at radius 2 is 2.10 bits per heavy atom. The lowest BCUT2D eigenvalue weighted by atomic mass is 10.0. The van der Waals surface area contributed by atoms with Gasteiger partial charge in [-0.15, -0.1) is 0 Å². The van der Waals surface area contributed by atoms with Gasteiger partial charge < -0.3 is 15.2 Å². The van der Waals surface area contributed by atoms with Crippen molar-refractivity contribution in [1.29, 1.82) is 0 Å². The third-order valence-corrected chi connectivity index (χ3v) is 4.09. The molecule has 0 unspecified atom stereocenters. The van der Waals surface area contributed by atoms with Crippen LogP contribution in [-0.2, 0) is 0 Å². The average Bonchev–Trinajstić information content (AvgIpc) is 2.48. The van der Waals surface area contributed by atoms with Crippen molar-refractivity contribution in [1.82, 2.24) is 10.3 Å². The van der Waals surface area contributed by atoms with Crippen molar-refractivity contribution >= 4 is 16.6 Å². The first kappa shape index (κ1) is 13.2. The number of anilines is 1. The van der Waals surface area contributed by atoms with Crippen molar-refractivity contribution < 1.29 is 0 Å². The highest BCUT2D eigenvalue weighted by Gasteiger charge is 2.20. The van der Waals surface area contributed by atoms with E-state index in [4.69, 9.17) is 0 Å². The van der Waals surface area contributed by atoms with Crippen LogP contribution in [0.5, 0.6) is 0 Å². The molecule has 4 nitrogen and oxygen atoms in total. The summed E-state index contributed by atoms with van der Waals surface area (Å²) in [7, 11) is 0. The number of aromatic nitrogens is 1. The summed E-state index contributed by atoms with van der Waals surface area (Å²) < 4.78 is 0. The molecule has 1 aliphatic heterocycles. The summed E-state index contributed by atoms with van der Waals surface area (Å²) in [5.74, 6) is 0. The van der Waals surface area contributed by atoms with Crippen molar-refractivity contribution in [3.8, 4) is 0 Å². The van der Waals surface area contributed by atoms with Gasteiger partial charge in [0.25, 0.3) is 0 Å². The highest BCUT2D eigenvalue weighted by atomic mass is 16.1. The number of piperidine rings is 1. The minimum absolute atomic E-state index is 0.100. The monoisotopic (exact) mass is 271 g/mol. The average molecular weight is 271 g/mol. The fraction of sp³-hybridized carbons (Fsp3) is 0.438. The van der Waals surface area contributed by atoms with Gasteiger partial charge in [-0.2, -0.15) is 0 Å². The van der Waals surface area contributed by atoms with Crippen LogP contribution in [0, 0.1) is 0 Å². The van der Waals surface area contributed by atoms with Gasteiger partial charge in [0.05, 0.1) is 16.6 Å². The van der Waals surface area contributed by atoms with E-state index in [2.05, 4.69) is 28.2 Å². The highest BCUT2D eigenvalue weighted by Crippen LogP contribution is 2.25. The summed E-state index contributed by atoms with van der Waals surface area (Å²) in [6, 6.07) is 8.27. The molecule has 4 heteroatoms. The number of aromatic amines is 1. The van der Waals surface area contributed by atoms with Crippen molar-refractivity contribution in [2.45, 2.75) is 25.8 Å². The van der Waals surface area contributed by atoms with Crippen molar-refractivity contribution in [2.24, 2.45) is 0 Å². The van der Waals surface area contributed by atoms with Crippen LogP contribution in [0.3, 0.4) is 0 Å². The first-order valence-corrected chi connectivity index (χ1v) is 7.38. The molecule has 0 spiro atoms. The molecule has 0 saturated carbocycles. The highest BCUT2D eigenvalue weighted by molar-refractivity contribution is 5.91. The predicted molar refractivity (Wildman–Crippen MR) is 83.5 cm³/mol. The van der Waals surface area contributed by atoms with Crippen LogP contribution in [0.15, 0.2) is 35.3 Å². The van der Waals surface area contributed by atoms with Gasteiger partial charge in [0.2, 0.25) is 0 Å². The predicted octanol–water partition coefficient (Wildman–Crippen LogP) is 2.11. The standard InChI is InChI=1S/C16H21N3O/c1-2-17-12-7-10-19(11-8-12)14-5-3-4-13-16(14)15(20)6-9-18-13/h3-6,9,12,17H,2,7-8,10-11H2,1H3,(H,18,20). The number of H-pyrrole nitrogens is 1. The Kier molecular flexibility index (Phi) is 3.74. The molecule has 0 aliphatic carbocycles. The Labute approximate surface area is 118 Å². The number of nitrogens with one attached hydrogen (secondary N) is 2. The van der Waals surface area contributed by atoms with Gasteiger partial charge >= 0.3 is 0 Å². The summed E-state index contributed by atoms with van der Waals surface area (Å²) >= 11 is 0. The van der Waals surface area contributed by atoms with Crippen LogP contribution >= 0.6 is 0 Å². The molecular formula is C16H21N3O. The van der Waals surface area contributed by atoms with Gasteiger partial charge in [-0.1, -0.05) is 13.0 Å². The third kappa shape index (κ3) is 2.43. The number of hydrogen-bond acceptors (Lipinski definition) is 3. The summed E-state index contributed by atoms with van der Waals surface area (Å²) in [6.07, 6.45) is 3.98. The van der Waals surface area contributed by atoms with Crippen LogP contribution in [0.25, 0.3) is 10.9 Å². The number of fused-ring (bicyclic) bond motifs is 1. The third-order valence-electron chi connectivity index (χ3n) is 4.09. The summed E-state index contributed by atoms with van der Waals surface area (Å²) in [4.78, 5) is 17.6. The molecule has 0 amide bonds. The molecule has 3 rings (SSSR count). The van der Waals surface area contributed by atoms with E-state index in [1.165, 1.54) is 0 Å². The molecule has 2 aromatic rings. The van der Waals surface area contributed by atoms with Gasteiger partial charge in [0.1, 0.15) is 0 Å². The zero-order chi connectivity index (χ0) is 13.9. The lowest BCUT2D eigenvalue weighted by Gasteiger charge is -2.34. The molecule has 1 aromatic carbocycles. The van der Waals surface area contributed by atoms with Gasteiger partial charge in [0.15, 0.2) is 5.43 Å². The first-order chi connectivity index (χ1) is 9.79. The summed E-state index contributed by atoms with van der Waals surface area (Å²) in [5.41, 5.74) is 2.09. The largest absolute Gasteiger partial charge is 0.371 e. The molecule has 106 valence electrons. The zero-order valence-corrected chi connectivity index (χ0v) is 11.9. The first-order valence-electron chi connectivity index (χ1n) is 7.38. The van der Waals surface area contributed by atoms with Crippen molar-refractivity contribution in [3.63, 3.8) is 0 Å². The minimum Gasteiger partial charge on any atom is -0.371 e. The molecule has 2 heterocycles. The summed E-state index contributed by atoms with van der Waals surface area (Å²) in [5, 5.41) is 4.33. The van der Waals surface area contributed by atoms with Crippen LogP contribution in [0.2, 0.25) is 0 Å². The van der Waals surface area contributed by atoms with Gasteiger partial charge in [-0.05, 0) is 31.5 Å². The SMILES string of the molecule is CCNC1CCN(c2cccc3[nH]ccc(=O)c23)CC1. The van der Waals surface area contributed by atoms with Crippen LogP contribution in [0.4, 0.5) is 5.69 Å². The molecule has 0 bridgehead atoms. The second-order valence-corrected chi connectivity index (χ2v) is 5.36. The molecular weight excluding hydrogens is 250 g/mol. The second-order valence-electron chi connectivity index (χ2n) is 5.36. The van der Waals surface area contributed by atoms with Crippen LogP contribution < -0.4 is 15.6 Å². The van der Waals surface area contributed by atoms with E-state index >= 15 is 0 Å². The number of nitrogens with zero attached hydrogens (tertiary/aromatic N) is 1. The molecule has 1 fully saturated rings. The van der Waals surface area contributed by atoms with E-state index in [0.29, 0.717) is 6.04 Å². The van der Waals surface area contributed by atoms with Crippen molar-refractivity contribution in [2.75, 3.05) is 24.5 Å². The minimum atomic E-state index is 0.100. The van der Waals surface area contributed by atoms with E-state index in [-0.39, 0.29) is 5.43 Å². The molecule has 1 aliphatic rings. The van der Waals surface area contributed by atoms with Gasteiger partial charge in [-0.25, -0.2) is 0 Å². The van der Waals surface area contributed by atoms with E-state index in [9.17, 15) is 4.79 Å². The fourth-order valence-electron chi connectivity index (χ4n) is 3.09. The van der Waals surface area contributed by atoms with Gasteiger partial charge in [-0.3, -0.25) is 4.79 Å². The Morgan fingerprint density at radius 3 is 2.85 bits per heavy atom. The maximum absolute atomic E-state index is 12.2. The van der Waals surface area contributed by atoms with E-state index in [1.807, 2.05) is 12.1 Å². The number of benzene rings is 1. The Bertz CT molecular complexity index is 636. The van der Waals surface area contributed by atoms with Crippen LogP contribution in [-0.4, -0.2) is 30.7 Å². The molecule has 0 radical (unpaired) electrons. The zero-order valence-electron chi connectivity index (χ0n) is 11.9.